The fourth-order valence-corrected chi connectivity index (χ4v) is 2.96. The van der Waals surface area contributed by atoms with Crippen molar-refractivity contribution >= 4 is 0 Å². The van der Waals surface area contributed by atoms with Gasteiger partial charge in [0.1, 0.15) is 0 Å². The maximum Gasteiger partial charge on any atom is 0.0233 e. The first-order valence-electron chi connectivity index (χ1n) is 7.50. The summed E-state index contributed by atoms with van der Waals surface area (Å²) in [4.78, 5) is 5.06. The Balaban J connectivity index is 1.80. The van der Waals surface area contributed by atoms with Crippen LogP contribution in [0.15, 0.2) is 30.3 Å². The van der Waals surface area contributed by atoms with Crippen LogP contribution in [0.1, 0.15) is 18.9 Å². The van der Waals surface area contributed by atoms with Crippen molar-refractivity contribution in [2.45, 2.75) is 19.9 Å². The van der Waals surface area contributed by atoms with Crippen molar-refractivity contribution in [3.05, 3.63) is 35.9 Å². The van der Waals surface area contributed by atoms with Crippen LogP contribution in [0.3, 0.4) is 0 Å². The number of benzene rings is 1. The summed E-state index contributed by atoms with van der Waals surface area (Å²) < 4.78 is 0. The number of likely N-dealkylation sites (tertiary alicyclic amines) is 1. The molecule has 1 fully saturated rings. The van der Waals surface area contributed by atoms with Gasteiger partial charge in [0.05, 0.1) is 0 Å². The van der Waals surface area contributed by atoms with Gasteiger partial charge in [-0.05, 0) is 31.0 Å². The number of hydrogen-bond donors (Lipinski definition) is 1. The molecule has 106 valence electrons. The molecule has 1 heterocycles. The van der Waals surface area contributed by atoms with Crippen LogP contribution in [0.25, 0.3) is 0 Å². The van der Waals surface area contributed by atoms with Crippen molar-refractivity contribution in [3.63, 3.8) is 0 Å². The average Bonchev–Trinajstić information content (AvgIpc) is 2.87. The molecule has 0 spiro atoms. The predicted octanol–water partition coefficient (Wildman–Crippen LogP) is 1.79. The fraction of sp³-hybridized carbons (Fsp3) is 0.625. The van der Waals surface area contributed by atoms with E-state index in [1.807, 2.05) is 0 Å². The molecule has 0 bridgehead atoms. The van der Waals surface area contributed by atoms with Gasteiger partial charge in [0.25, 0.3) is 0 Å². The normalized spacial score (nSPS) is 20.3. The summed E-state index contributed by atoms with van der Waals surface area (Å²) in [5, 5.41) is 0. The maximum atomic E-state index is 5.63. The summed E-state index contributed by atoms with van der Waals surface area (Å²) in [6.07, 6.45) is 1.32. The van der Waals surface area contributed by atoms with E-state index in [9.17, 15) is 0 Å². The molecule has 0 aliphatic carbocycles. The van der Waals surface area contributed by atoms with E-state index >= 15 is 0 Å². The predicted molar refractivity (Wildman–Crippen MR) is 81.0 cm³/mol. The van der Waals surface area contributed by atoms with Crippen LogP contribution in [0, 0.1) is 5.92 Å². The molecular formula is C16H27N3. The van der Waals surface area contributed by atoms with E-state index in [4.69, 9.17) is 5.73 Å². The van der Waals surface area contributed by atoms with Crippen molar-refractivity contribution in [2.24, 2.45) is 11.7 Å². The van der Waals surface area contributed by atoms with Crippen molar-refractivity contribution in [3.8, 4) is 0 Å². The Labute approximate surface area is 117 Å². The lowest BCUT2D eigenvalue weighted by atomic mass is 10.1. The third-order valence-electron chi connectivity index (χ3n) is 4.03. The van der Waals surface area contributed by atoms with Crippen molar-refractivity contribution in [2.75, 3.05) is 39.3 Å². The molecule has 2 rings (SSSR count). The van der Waals surface area contributed by atoms with E-state index < -0.39 is 0 Å². The summed E-state index contributed by atoms with van der Waals surface area (Å²) >= 11 is 0. The molecule has 1 aromatic carbocycles. The summed E-state index contributed by atoms with van der Waals surface area (Å²) in [5.41, 5.74) is 7.05. The largest absolute Gasteiger partial charge is 0.329 e. The Morgan fingerprint density at radius 2 is 2.11 bits per heavy atom. The van der Waals surface area contributed by atoms with Gasteiger partial charge >= 0.3 is 0 Å². The van der Waals surface area contributed by atoms with E-state index in [2.05, 4.69) is 47.1 Å². The Morgan fingerprint density at radius 1 is 1.32 bits per heavy atom. The second-order valence-corrected chi connectivity index (χ2v) is 5.56. The highest BCUT2D eigenvalue weighted by molar-refractivity contribution is 5.14. The van der Waals surface area contributed by atoms with E-state index in [1.54, 1.807) is 0 Å². The monoisotopic (exact) mass is 261 g/mol. The molecular weight excluding hydrogens is 234 g/mol. The third-order valence-corrected chi connectivity index (χ3v) is 4.03. The Morgan fingerprint density at radius 3 is 2.79 bits per heavy atom. The summed E-state index contributed by atoms with van der Waals surface area (Å²) in [6.45, 7) is 9.97. The van der Waals surface area contributed by atoms with Crippen LogP contribution in [-0.2, 0) is 6.54 Å². The summed E-state index contributed by atoms with van der Waals surface area (Å²) in [7, 11) is 0. The molecule has 1 saturated heterocycles. The average molecular weight is 261 g/mol. The molecule has 1 aliphatic rings. The molecule has 3 nitrogen and oxygen atoms in total. The number of hydrogen-bond acceptors (Lipinski definition) is 3. The lowest BCUT2D eigenvalue weighted by molar-refractivity contribution is 0.229. The van der Waals surface area contributed by atoms with E-state index in [-0.39, 0.29) is 0 Å². The summed E-state index contributed by atoms with van der Waals surface area (Å²) in [6, 6.07) is 10.8. The van der Waals surface area contributed by atoms with Gasteiger partial charge in [-0.3, -0.25) is 4.90 Å². The third kappa shape index (κ3) is 4.60. The Bertz CT molecular complexity index is 352. The first-order chi connectivity index (χ1) is 9.31. The number of rotatable bonds is 7. The lowest BCUT2D eigenvalue weighted by Gasteiger charge is -2.24. The SMILES string of the molecule is CCN(Cc1ccccc1)CC1CCN(CCN)C1. The minimum atomic E-state index is 0.786. The molecule has 19 heavy (non-hydrogen) atoms. The van der Waals surface area contributed by atoms with Gasteiger partial charge in [0.15, 0.2) is 0 Å². The first kappa shape index (κ1) is 14.5. The minimum absolute atomic E-state index is 0.786. The molecule has 1 atom stereocenters. The Hall–Kier alpha value is -0.900. The van der Waals surface area contributed by atoms with Gasteiger partial charge in [-0.15, -0.1) is 0 Å². The molecule has 2 N–H and O–H groups in total. The van der Waals surface area contributed by atoms with Gasteiger partial charge < -0.3 is 10.6 Å². The smallest absolute Gasteiger partial charge is 0.0233 e. The molecule has 1 unspecified atom stereocenters. The lowest BCUT2D eigenvalue weighted by Crippen LogP contribution is -2.32. The Kier molecular flexibility index (Phi) is 5.83. The quantitative estimate of drug-likeness (QED) is 0.812. The highest BCUT2D eigenvalue weighted by Crippen LogP contribution is 2.18. The molecule has 0 saturated carbocycles. The van der Waals surface area contributed by atoms with Gasteiger partial charge in [0.2, 0.25) is 0 Å². The van der Waals surface area contributed by atoms with Gasteiger partial charge in [-0.2, -0.15) is 0 Å². The van der Waals surface area contributed by atoms with Crippen molar-refractivity contribution in [1.29, 1.82) is 0 Å². The van der Waals surface area contributed by atoms with Crippen molar-refractivity contribution < 1.29 is 0 Å². The van der Waals surface area contributed by atoms with Crippen LogP contribution in [0.2, 0.25) is 0 Å². The number of nitrogens with two attached hydrogens (primary N) is 1. The van der Waals surface area contributed by atoms with Crippen molar-refractivity contribution in [1.82, 2.24) is 9.80 Å². The zero-order valence-corrected chi connectivity index (χ0v) is 12.1. The van der Waals surface area contributed by atoms with Crippen LogP contribution >= 0.6 is 0 Å². The topological polar surface area (TPSA) is 32.5 Å². The van der Waals surface area contributed by atoms with E-state index in [0.29, 0.717) is 0 Å². The van der Waals surface area contributed by atoms with E-state index in [0.717, 1.165) is 32.1 Å². The molecule has 0 aromatic heterocycles. The number of nitrogens with zero attached hydrogens (tertiary/aromatic N) is 2. The highest BCUT2D eigenvalue weighted by atomic mass is 15.2. The van der Waals surface area contributed by atoms with Crippen LogP contribution < -0.4 is 5.73 Å². The van der Waals surface area contributed by atoms with Gasteiger partial charge in [-0.25, -0.2) is 0 Å². The summed E-state index contributed by atoms with van der Waals surface area (Å²) in [5.74, 6) is 0.815. The van der Waals surface area contributed by atoms with Crippen LogP contribution in [0.5, 0.6) is 0 Å². The molecule has 1 aromatic rings. The second kappa shape index (κ2) is 7.63. The van der Waals surface area contributed by atoms with E-state index in [1.165, 1.54) is 31.6 Å². The zero-order valence-electron chi connectivity index (χ0n) is 12.1. The van der Waals surface area contributed by atoms with Crippen LogP contribution in [0.4, 0.5) is 0 Å². The maximum absolute atomic E-state index is 5.63. The van der Waals surface area contributed by atoms with Gasteiger partial charge in [-0.1, -0.05) is 37.3 Å². The molecule has 0 amide bonds. The molecule has 3 heteroatoms. The first-order valence-corrected chi connectivity index (χ1v) is 7.50. The van der Waals surface area contributed by atoms with Gasteiger partial charge in [0, 0.05) is 32.7 Å². The zero-order chi connectivity index (χ0) is 13.5. The van der Waals surface area contributed by atoms with Crippen LogP contribution in [-0.4, -0.2) is 49.1 Å². The standard InChI is InChI=1S/C16H27N3/c1-2-18(12-15-6-4-3-5-7-15)13-16-8-10-19(14-16)11-9-17/h3-7,16H,2,8-14,17H2,1H3. The fourth-order valence-electron chi connectivity index (χ4n) is 2.96. The highest BCUT2D eigenvalue weighted by Gasteiger charge is 2.23. The minimum Gasteiger partial charge on any atom is -0.329 e. The second-order valence-electron chi connectivity index (χ2n) is 5.56. The molecule has 1 aliphatic heterocycles. The molecule has 0 radical (unpaired) electrons.